The molecule has 1 heterocycles. The number of anilines is 1. The lowest BCUT2D eigenvalue weighted by molar-refractivity contribution is 0.166. The second-order valence-corrected chi connectivity index (χ2v) is 5.03. The number of hydrogen-bond donors (Lipinski definition) is 2. The summed E-state index contributed by atoms with van der Waals surface area (Å²) in [7, 11) is 0. The second kappa shape index (κ2) is 5.51. The van der Waals surface area contributed by atoms with Gasteiger partial charge in [0, 0.05) is 16.7 Å². The SMILES string of the molecule is O=C(Nc1cccc(Br)c1)N1CCC[C@@H]1CO. The molecular formula is C12H15BrN2O2. The Kier molecular flexibility index (Phi) is 4.02. The highest BCUT2D eigenvalue weighted by Crippen LogP contribution is 2.20. The molecule has 1 aliphatic heterocycles. The van der Waals surface area contributed by atoms with Gasteiger partial charge >= 0.3 is 6.03 Å². The zero-order valence-corrected chi connectivity index (χ0v) is 11.0. The lowest BCUT2D eigenvalue weighted by Gasteiger charge is -2.23. The molecule has 4 nitrogen and oxygen atoms in total. The summed E-state index contributed by atoms with van der Waals surface area (Å²) in [4.78, 5) is 13.7. The Labute approximate surface area is 109 Å². The average molecular weight is 299 g/mol. The summed E-state index contributed by atoms with van der Waals surface area (Å²) in [6.45, 7) is 0.747. The van der Waals surface area contributed by atoms with Gasteiger partial charge in [-0.15, -0.1) is 0 Å². The minimum absolute atomic E-state index is 0.0336. The molecule has 0 spiro atoms. The maximum Gasteiger partial charge on any atom is 0.322 e. The lowest BCUT2D eigenvalue weighted by atomic mass is 10.2. The molecule has 92 valence electrons. The van der Waals surface area contributed by atoms with Crippen LogP contribution >= 0.6 is 15.9 Å². The second-order valence-electron chi connectivity index (χ2n) is 4.11. The van der Waals surface area contributed by atoms with Crippen LogP contribution in [0.5, 0.6) is 0 Å². The van der Waals surface area contributed by atoms with Crippen LogP contribution in [-0.4, -0.2) is 35.2 Å². The largest absolute Gasteiger partial charge is 0.394 e. The van der Waals surface area contributed by atoms with Crippen LogP contribution in [0.25, 0.3) is 0 Å². The van der Waals surface area contributed by atoms with Crippen molar-refractivity contribution in [3.05, 3.63) is 28.7 Å². The molecule has 2 rings (SSSR count). The van der Waals surface area contributed by atoms with Gasteiger partial charge in [-0.1, -0.05) is 22.0 Å². The fraction of sp³-hybridized carbons (Fsp3) is 0.417. The Hall–Kier alpha value is -1.07. The summed E-state index contributed by atoms with van der Waals surface area (Å²) in [5.41, 5.74) is 0.757. The Bertz CT molecular complexity index is 411. The monoisotopic (exact) mass is 298 g/mol. The number of carbonyl (C=O) groups is 1. The van der Waals surface area contributed by atoms with Crippen molar-refractivity contribution in [1.82, 2.24) is 4.90 Å². The van der Waals surface area contributed by atoms with E-state index in [1.165, 1.54) is 0 Å². The zero-order chi connectivity index (χ0) is 12.3. The molecule has 2 amide bonds. The molecule has 1 atom stereocenters. The molecule has 1 saturated heterocycles. The van der Waals surface area contributed by atoms with Crippen LogP contribution < -0.4 is 5.32 Å². The van der Waals surface area contributed by atoms with Crippen molar-refractivity contribution in [2.45, 2.75) is 18.9 Å². The number of benzene rings is 1. The molecule has 0 bridgehead atoms. The average Bonchev–Trinajstić information content (AvgIpc) is 2.77. The number of carbonyl (C=O) groups excluding carboxylic acids is 1. The van der Waals surface area contributed by atoms with Crippen molar-refractivity contribution < 1.29 is 9.90 Å². The lowest BCUT2D eigenvalue weighted by Crippen LogP contribution is -2.40. The molecule has 2 N–H and O–H groups in total. The smallest absolute Gasteiger partial charge is 0.322 e. The highest BCUT2D eigenvalue weighted by Gasteiger charge is 2.27. The molecule has 1 aliphatic rings. The van der Waals surface area contributed by atoms with Crippen molar-refractivity contribution >= 4 is 27.6 Å². The summed E-state index contributed by atoms with van der Waals surface area (Å²) < 4.78 is 0.926. The van der Waals surface area contributed by atoms with Crippen molar-refractivity contribution in [2.24, 2.45) is 0 Å². The summed E-state index contributed by atoms with van der Waals surface area (Å²) in [5.74, 6) is 0. The quantitative estimate of drug-likeness (QED) is 0.881. The number of amides is 2. The van der Waals surface area contributed by atoms with Crippen LogP contribution in [0.3, 0.4) is 0 Å². The third-order valence-electron chi connectivity index (χ3n) is 2.92. The topological polar surface area (TPSA) is 52.6 Å². The van der Waals surface area contributed by atoms with E-state index < -0.39 is 0 Å². The molecule has 0 saturated carbocycles. The number of nitrogens with zero attached hydrogens (tertiary/aromatic N) is 1. The summed E-state index contributed by atoms with van der Waals surface area (Å²) in [5, 5.41) is 12.0. The first-order valence-electron chi connectivity index (χ1n) is 5.65. The van der Waals surface area contributed by atoms with Crippen LogP contribution in [0.4, 0.5) is 10.5 Å². The molecular weight excluding hydrogens is 284 g/mol. The van der Waals surface area contributed by atoms with Gasteiger partial charge in [0.15, 0.2) is 0 Å². The third kappa shape index (κ3) is 2.98. The van der Waals surface area contributed by atoms with E-state index in [1.54, 1.807) is 4.90 Å². The van der Waals surface area contributed by atoms with Crippen molar-refractivity contribution in [3.63, 3.8) is 0 Å². The van der Waals surface area contributed by atoms with Gasteiger partial charge in [0.2, 0.25) is 0 Å². The van der Waals surface area contributed by atoms with Gasteiger partial charge in [-0.25, -0.2) is 4.79 Å². The van der Waals surface area contributed by atoms with E-state index in [1.807, 2.05) is 24.3 Å². The summed E-state index contributed by atoms with van der Waals surface area (Å²) in [6, 6.07) is 7.28. The van der Waals surface area contributed by atoms with Gasteiger partial charge in [-0.05, 0) is 31.0 Å². The number of rotatable bonds is 2. The Morgan fingerprint density at radius 3 is 3.12 bits per heavy atom. The number of halogens is 1. The van der Waals surface area contributed by atoms with E-state index in [0.29, 0.717) is 6.54 Å². The minimum atomic E-state index is -0.139. The molecule has 17 heavy (non-hydrogen) atoms. The van der Waals surface area contributed by atoms with E-state index in [0.717, 1.165) is 23.0 Å². The van der Waals surface area contributed by atoms with Crippen molar-refractivity contribution in [1.29, 1.82) is 0 Å². The van der Waals surface area contributed by atoms with Gasteiger partial charge in [-0.2, -0.15) is 0 Å². The number of aliphatic hydroxyl groups is 1. The fourth-order valence-electron chi connectivity index (χ4n) is 2.05. The van der Waals surface area contributed by atoms with Crippen LogP contribution in [0, 0.1) is 0 Å². The maximum atomic E-state index is 12.0. The highest BCUT2D eigenvalue weighted by atomic mass is 79.9. The van der Waals surface area contributed by atoms with Crippen molar-refractivity contribution in [2.75, 3.05) is 18.5 Å². The first-order chi connectivity index (χ1) is 8.20. The van der Waals surface area contributed by atoms with Gasteiger partial charge in [0.25, 0.3) is 0 Å². The van der Waals surface area contributed by atoms with Crippen LogP contribution in [0.15, 0.2) is 28.7 Å². The number of likely N-dealkylation sites (tertiary alicyclic amines) is 1. The third-order valence-corrected chi connectivity index (χ3v) is 3.42. The molecule has 0 aliphatic carbocycles. The van der Waals surface area contributed by atoms with Gasteiger partial charge in [-0.3, -0.25) is 0 Å². The van der Waals surface area contributed by atoms with Crippen molar-refractivity contribution in [3.8, 4) is 0 Å². The van der Waals surface area contributed by atoms with Gasteiger partial charge < -0.3 is 15.3 Å². The van der Waals surface area contributed by atoms with Gasteiger partial charge in [0.05, 0.1) is 12.6 Å². The molecule has 0 radical (unpaired) electrons. The number of aliphatic hydroxyl groups excluding tert-OH is 1. The van der Waals surface area contributed by atoms with E-state index in [4.69, 9.17) is 5.11 Å². The Balaban J connectivity index is 2.01. The summed E-state index contributed by atoms with van der Waals surface area (Å²) >= 11 is 3.36. The Morgan fingerprint density at radius 2 is 2.41 bits per heavy atom. The van der Waals surface area contributed by atoms with Crippen LogP contribution in [-0.2, 0) is 0 Å². The molecule has 0 unspecified atom stereocenters. The van der Waals surface area contributed by atoms with E-state index in [9.17, 15) is 4.79 Å². The zero-order valence-electron chi connectivity index (χ0n) is 9.40. The fourth-order valence-corrected chi connectivity index (χ4v) is 2.45. The van der Waals surface area contributed by atoms with E-state index in [-0.39, 0.29) is 18.7 Å². The Morgan fingerprint density at radius 1 is 1.59 bits per heavy atom. The number of urea groups is 1. The molecule has 0 aromatic heterocycles. The van der Waals surface area contributed by atoms with Crippen LogP contribution in [0.1, 0.15) is 12.8 Å². The minimum Gasteiger partial charge on any atom is -0.394 e. The first kappa shape index (κ1) is 12.4. The molecule has 5 heteroatoms. The van der Waals surface area contributed by atoms with E-state index >= 15 is 0 Å². The molecule has 1 aromatic carbocycles. The number of hydrogen-bond acceptors (Lipinski definition) is 2. The number of nitrogens with one attached hydrogen (secondary N) is 1. The van der Waals surface area contributed by atoms with Gasteiger partial charge in [0.1, 0.15) is 0 Å². The first-order valence-corrected chi connectivity index (χ1v) is 6.44. The van der Waals surface area contributed by atoms with E-state index in [2.05, 4.69) is 21.2 Å². The highest BCUT2D eigenvalue weighted by molar-refractivity contribution is 9.10. The maximum absolute atomic E-state index is 12.0. The molecule has 1 aromatic rings. The normalized spacial score (nSPS) is 19.4. The standard InChI is InChI=1S/C12H15BrN2O2/c13-9-3-1-4-10(7-9)14-12(17)15-6-2-5-11(15)8-16/h1,3-4,7,11,16H,2,5-6,8H2,(H,14,17)/t11-/m1/s1. The predicted molar refractivity (Wildman–Crippen MR) is 70.0 cm³/mol. The molecule has 1 fully saturated rings. The van der Waals surface area contributed by atoms with Crippen LogP contribution in [0.2, 0.25) is 0 Å². The summed E-state index contributed by atoms with van der Waals surface area (Å²) in [6.07, 6.45) is 1.83. The predicted octanol–water partition coefficient (Wildman–Crippen LogP) is 2.44.